The zero-order valence-electron chi connectivity index (χ0n) is 8.93. The molecule has 6 heteroatoms. The number of primary amides is 1. The number of nitrogens with two attached hydrogens (primary N) is 1. The van der Waals surface area contributed by atoms with Gasteiger partial charge in [0.05, 0.1) is 5.69 Å². The number of rotatable bonds is 1. The largest absolute Gasteiger partial charge is 0.363 e. The predicted octanol–water partition coefficient (Wildman–Crippen LogP) is -0.520. The highest BCUT2D eigenvalue weighted by molar-refractivity contribution is 5.88. The van der Waals surface area contributed by atoms with Gasteiger partial charge in [-0.25, -0.2) is 9.97 Å². The minimum absolute atomic E-state index is 0.0321. The fourth-order valence-corrected chi connectivity index (χ4v) is 1.70. The monoisotopic (exact) mass is 220 g/mol. The van der Waals surface area contributed by atoms with Crippen molar-refractivity contribution in [2.45, 2.75) is 19.9 Å². The Kier molecular flexibility index (Phi) is 2.55. The lowest BCUT2D eigenvalue weighted by Gasteiger charge is -2.26. The van der Waals surface area contributed by atoms with Crippen LogP contribution in [0.15, 0.2) is 6.20 Å². The minimum atomic E-state index is -0.628. The van der Waals surface area contributed by atoms with E-state index in [9.17, 15) is 9.59 Å². The molecule has 6 nitrogen and oxygen atoms in total. The molecule has 0 bridgehead atoms. The molecule has 84 valence electrons. The van der Waals surface area contributed by atoms with Crippen molar-refractivity contribution < 1.29 is 9.59 Å². The molecule has 1 aliphatic heterocycles. The summed E-state index contributed by atoms with van der Waals surface area (Å²) < 4.78 is 0. The molecule has 0 aliphatic carbocycles. The molecule has 0 unspecified atom stereocenters. The fraction of sp³-hybridized carbons (Fsp3) is 0.400. The zero-order valence-corrected chi connectivity index (χ0v) is 8.93. The summed E-state index contributed by atoms with van der Waals surface area (Å²) in [7, 11) is 0. The number of carbonyl (C=O) groups is 2. The van der Waals surface area contributed by atoms with Gasteiger partial charge in [-0.05, 0) is 0 Å². The lowest BCUT2D eigenvalue weighted by molar-refractivity contribution is -0.129. The molecule has 0 atom stereocenters. The van der Waals surface area contributed by atoms with Crippen LogP contribution >= 0.6 is 0 Å². The van der Waals surface area contributed by atoms with Gasteiger partial charge in [0, 0.05) is 38.2 Å². The third kappa shape index (κ3) is 1.86. The fourth-order valence-electron chi connectivity index (χ4n) is 1.70. The standard InChI is InChI=1S/C10H12N4O2/c1-6(15)14-3-2-8-7(5-14)4-12-10(13-8)9(11)16/h4H,2-3,5H2,1H3,(H2,11,16). The Hall–Kier alpha value is -1.98. The van der Waals surface area contributed by atoms with Crippen molar-refractivity contribution in [2.75, 3.05) is 6.54 Å². The Morgan fingerprint density at radius 2 is 2.25 bits per heavy atom. The van der Waals surface area contributed by atoms with E-state index in [1.807, 2.05) is 0 Å². The van der Waals surface area contributed by atoms with Crippen LogP contribution in [0.25, 0.3) is 0 Å². The third-order valence-corrected chi connectivity index (χ3v) is 2.60. The number of amides is 2. The Balaban J connectivity index is 2.29. The summed E-state index contributed by atoms with van der Waals surface area (Å²) in [5.74, 6) is -0.559. The number of hydrogen-bond acceptors (Lipinski definition) is 4. The highest BCUT2D eigenvalue weighted by Crippen LogP contribution is 2.16. The van der Waals surface area contributed by atoms with Gasteiger partial charge in [-0.1, -0.05) is 0 Å². The lowest BCUT2D eigenvalue weighted by atomic mass is 10.1. The summed E-state index contributed by atoms with van der Waals surface area (Å²) in [4.78, 5) is 31.7. The third-order valence-electron chi connectivity index (χ3n) is 2.60. The Labute approximate surface area is 92.5 Å². The van der Waals surface area contributed by atoms with Crippen molar-refractivity contribution in [3.8, 4) is 0 Å². The van der Waals surface area contributed by atoms with E-state index in [-0.39, 0.29) is 11.7 Å². The van der Waals surface area contributed by atoms with Crippen LogP contribution in [-0.4, -0.2) is 33.2 Å². The van der Waals surface area contributed by atoms with Gasteiger partial charge in [0.1, 0.15) is 0 Å². The second kappa shape index (κ2) is 3.88. The first-order valence-corrected chi connectivity index (χ1v) is 4.98. The molecule has 1 aromatic heterocycles. The molecular weight excluding hydrogens is 208 g/mol. The smallest absolute Gasteiger partial charge is 0.286 e. The SMILES string of the molecule is CC(=O)N1CCc2nc(C(N)=O)ncc2C1. The van der Waals surface area contributed by atoms with Crippen molar-refractivity contribution in [3.05, 3.63) is 23.3 Å². The molecule has 0 saturated heterocycles. The van der Waals surface area contributed by atoms with Crippen molar-refractivity contribution in [2.24, 2.45) is 5.73 Å². The van der Waals surface area contributed by atoms with Crippen LogP contribution in [0.3, 0.4) is 0 Å². The van der Waals surface area contributed by atoms with Gasteiger partial charge in [-0.2, -0.15) is 0 Å². The summed E-state index contributed by atoms with van der Waals surface area (Å²) in [6.45, 7) is 2.66. The highest BCUT2D eigenvalue weighted by atomic mass is 16.2. The van der Waals surface area contributed by atoms with Crippen LogP contribution in [-0.2, 0) is 17.8 Å². The first-order chi connectivity index (χ1) is 7.58. The highest BCUT2D eigenvalue weighted by Gasteiger charge is 2.20. The number of nitrogens with zero attached hydrogens (tertiary/aromatic N) is 3. The van der Waals surface area contributed by atoms with E-state index in [0.717, 1.165) is 11.3 Å². The van der Waals surface area contributed by atoms with Crippen molar-refractivity contribution in [3.63, 3.8) is 0 Å². The second-order valence-electron chi connectivity index (χ2n) is 3.72. The predicted molar refractivity (Wildman–Crippen MR) is 55.3 cm³/mol. The maximum Gasteiger partial charge on any atom is 0.286 e. The summed E-state index contributed by atoms with van der Waals surface area (Å²) in [6.07, 6.45) is 2.20. The average Bonchev–Trinajstić information content (AvgIpc) is 2.27. The summed E-state index contributed by atoms with van der Waals surface area (Å²) in [5, 5.41) is 0. The van der Waals surface area contributed by atoms with Crippen LogP contribution < -0.4 is 5.73 Å². The van der Waals surface area contributed by atoms with E-state index in [0.29, 0.717) is 19.5 Å². The van der Waals surface area contributed by atoms with Gasteiger partial charge in [-0.15, -0.1) is 0 Å². The molecule has 0 saturated carbocycles. The van der Waals surface area contributed by atoms with E-state index in [2.05, 4.69) is 9.97 Å². The first-order valence-electron chi connectivity index (χ1n) is 4.98. The molecular formula is C10H12N4O2. The summed E-state index contributed by atoms with van der Waals surface area (Å²) in [6, 6.07) is 0. The van der Waals surface area contributed by atoms with Gasteiger partial charge in [0.15, 0.2) is 0 Å². The molecule has 1 aliphatic rings. The number of carbonyl (C=O) groups excluding carboxylic acids is 2. The second-order valence-corrected chi connectivity index (χ2v) is 3.72. The summed E-state index contributed by atoms with van der Waals surface area (Å²) in [5.41, 5.74) is 6.78. The first kappa shape index (κ1) is 10.5. The average molecular weight is 220 g/mol. The maximum absolute atomic E-state index is 11.2. The minimum Gasteiger partial charge on any atom is -0.363 e. The normalized spacial score (nSPS) is 14.4. The van der Waals surface area contributed by atoms with E-state index in [4.69, 9.17) is 5.73 Å². The Bertz CT molecular complexity index is 458. The zero-order chi connectivity index (χ0) is 11.7. The molecule has 2 heterocycles. The van der Waals surface area contributed by atoms with E-state index >= 15 is 0 Å². The van der Waals surface area contributed by atoms with Crippen molar-refractivity contribution in [1.82, 2.24) is 14.9 Å². The van der Waals surface area contributed by atoms with E-state index in [1.165, 1.54) is 6.92 Å². The van der Waals surface area contributed by atoms with Crippen molar-refractivity contribution in [1.29, 1.82) is 0 Å². The molecule has 2 N–H and O–H groups in total. The lowest BCUT2D eigenvalue weighted by Crippen LogP contribution is -2.35. The molecule has 1 aromatic rings. The topological polar surface area (TPSA) is 89.2 Å². The number of hydrogen-bond donors (Lipinski definition) is 1. The molecule has 0 spiro atoms. The molecule has 0 fully saturated rings. The molecule has 0 aromatic carbocycles. The van der Waals surface area contributed by atoms with Gasteiger partial charge >= 0.3 is 0 Å². The summed E-state index contributed by atoms with van der Waals surface area (Å²) >= 11 is 0. The number of fused-ring (bicyclic) bond motifs is 1. The van der Waals surface area contributed by atoms with E-state index in [1.54, 1.807) is 11.1 Å². The van der Waals surface area contributed by atoms with Gasteiger partial charge in [0.2, 0.25) is 11.7 Å². The van der Waals surface area contributed by atoms with Crippen molar-refractivity contribution >= 4 is 11.8 Å². The van der Waals surface area contributed by atoms with Crippen LogP contribution in [0, 0.1) is 0 Å². The van der Waals surface area contributed by atoms with Gasteiger partial charge < -0.3 is 10.6 Å². The van der Waals surface area contributed by atoms with Gasteiger partial charge in [-0.3, -0.25) is 9.59 Å². The Morgan fingerprint density at radius 1 is 1.50 bits per heavy atom. The molecule has 2 amide bonds. The van der Waals surface area contributed by atoms with Crippen LogP contribution in [0.4, 0.5) is 0 Å². The van der Waals surface area contributed by atoms with Crippen LogP contribution in [0.1, 0.15) is 28.8 Å². The molecule has 0 radical (unpaired) electrons. The van der Waals surface area contributed by atoms with Crippen LogP contribution in [0.5, 0.6) is 0 Å². The quantitative estimate of drug-likeness (QED) is 0.689. The molecule has 16 heavy (non-hydrogen) atoms. The van der Waals surface area contributed by atoms with Gasteiger partial charge in [0.25, 0.3) is 5.91 Å². The van der Waals surface area contributed by atoms with Crippen LogP contribution in [0.2, 0.25) is 0 Å². The molecule has 2 rings (SSSR count). The maximum atomic E-state index is 11.2. The number of aromatic nitrogens is 2. The van der Waals surface area contributed by atoms with E-state index < -0.39 is 5.91 Å². The Morgan fingerprint density at radius 3 is 2.88 bits per heavy atom.